The van der Waals surface area contributed by atoms with Crippen LogP contribution in [0.4, 0.5) is 4.79 Å². The Balaban J connectivity index is 2.58. The lowest BCUT2D eigenvalue weighted by atomic mass is 10.2. The third-order valence-electron chi connectivity index (χ3n) is 1.32. The van der Waals surface area contributed by atoms with E-state index in [9.17, 15) is 4.79 Å². The van der Waals surface area contributed by atoms with Crippen molar-refractivity contribution in [3.8, 4) is 0 Å². The normalized spacial score (nSPS) is 22.0. The summed E-state index contributed by atoms with van der Waals surface area (Å²) in [7, 11) is 1.32. The lowest BCUT2D eigenvalue weighted by molar-refractivity contribution is 0.140. The molecule has 0 aromatic rings. The number of hydrazone groups is 1. The summed E-state index contributed by atoms with van der Waals surface area (Å²) in [6.07, 6.45) is 4.67. The first-order valence-corrected chi connectivity index (χ1v) is 3.33. The van der Waals surface area contributed by atoms with Gasteiger partial charge in [-0.05, 0) is 0 Å². The zero-order chi connectivity index (χ0) is 8.27. The molecule has 0 saturated carbocycles. The average Bonchev–Trinajstić information content (AvgIpc) is 2.05. The first-order valence-electron chi connectivity index (χ1n) is 3.33. The van der Waals surface area contributed by atoms with Gasteiger partial charge in [0.2, 0.25) is 0 Å². The second kappa shape index (κ2) is 3.18. The van der Waals surface area contributed by atoms with Crippen molar-refractivity contribution in [2.45, 2.75) is 6.92 Å². The van der Waals surface area contributed by atoms with E-state index in [0.717, 1.165) is 5.01 Å². The van der Waals surface area contributed by atoms with Gasteiger partial charge in [-0.1, -0.05) is 13.0 Å². The van der Waals surface area contributed by atoms with Crippen LogP contribution in [-0.4, -0.2) is 24.4 Å². The zero-order valence-electron chi connectivity index (χ0n) is 6.52. The van der Waals surface area contributed by atoms with Crippen LogP contribution in [-0.2, 0) is 4.74 Å². The van der Waals surface area contributed by atoms with Crippen LogP contribution in [0.1, 0.15) is 6.92 Å². The van der Waals surface area contributed by atoms with Crippen molar-refractivity contribution in [3.63, 3.8) is 0 Å². The highest BCUT2D eigenvalue weighted by Crippen LogP contribution is 2.05. The molecule has 60 valence electrons. The first kappa shape index (κ1) is 7.78. The van der Waals surface area contributed by atoms with Gasteiger partial charge in [0.05, 0.1) is 7.11 Å². The predicted octanol–water partition coefficient (Wildman–Crippen LogP) is 1.20. The molecule has 1 unspecified atom stereocenters. The van der Waals surface area contributed by atoms with Crippen LogP contribution in [0.2, 0.25) is 0 Å². The van der Waals surface area contributed by atoms with Gasteiger partial charge in [-0.2, -0.15) is 10.1 Å². The molecular formula is C7H10N2O2. The molecule has 0 aromatic carbocycles. The minimum atomic E-state index is -0.468. The van der Waals surface area contributed by atoms with E-state index in [1.165, 1.54) is 7.11 Å². The molecule has 0 aliphatic carbocycles. The van der Waals surface area contributed by atoms with Gasteiger partial charge in [0, 0.05) is 18.3 Å². The Morgan fingerprint density at radius 2 is 2.45 bits per heavy atom. The fourth-order valence-corrected chi connectivity index (χ4v) is 0.684. The van der Waals surface area contributed by atoms with Crippen molar-refractivity contribution in [3.05, 3.63) is 12.3 Å². The molecule has 0 spiro atoms. The molecule has 0 N–H and O–H groups in total. The van der Waals surface area contributed by atoms with Crippen LogP contribution in [0, 0.1) is 5.92 Å². The Hall–Kier alpha value is -1.32. The van der Waals surface area contributed by atoms with Gasteiger partial charge in [0.25, 0.3) is 0 Å². The Morgan fingerprint density at radius 3 is 2.91 bits per heavy atom. The summed E-state index contributed by atoms with van der Waals surface area (Å²) in [4.78, 5) is 10.8. The van der Waals surface area contributed by atoms with Crippen LogP contribution in [0.15, 0.2) is 17.4 Å². The van der Waals surface area contributed by atoms with Gasteiger partial charge < -0.3 is 4.74 Å². The van der Waals surface area contributed by atoms with Crippen LogP contribution >= 0.6 is 0 Å². The SMILES string of the molecule is COC(=O)N1C=CC(C)C=N1. The number of carbonyl (C=O) groups excluding carboxylic acids is 1. The van der Waals surface area contributed by atoms with Crippen molar-refractivity contribution < 1.29 is 9.53 Å². The van der Waals surface area contributed by atoms with E-state index in [-0.39, 0.29) is 5.92 Å². The number of carbonyl (C=O) groups is 1. The third kappa shape index (κ3) is 1.80. The maximum Gasteiger partial charge on any atom is 0.434 e. The monoisotopic (exact) mass is 154 g/mol. The van der Waals surface area contributed by atoms with E-state index in [4.69, 9.17) is 0 Å². The van der Waals surface area contributed by atoms with Crippen molar-refractivity contribution >= 4 is 12.3 Å². The van der Waals surface area contributed by atoms with Crippen molar-refractivity contribution in [1.82, 2.24) is 5.01 Å². The molecule has 11 heavy (non-hydrogen) atoms. The van der Waals surface area contributed by atoms with E-state index in [1.54, 1.807) is 12.4 Å². The van der Waals surface area contributed by atoms with Crippen LogP contribution < -0.4 is 0 Å². The minimum absolute atomic E-state index is 0.288. The van der Waals surface area contributed by atoms with E-state index < -0.39 is 6.09 Å². The van der Waals surface area contributed by atoms with Gasteiger partial charge in [-0.3, -0.25) is 0 Å². The van der Waals surface area contributed by atoms with Crippen LogP contribution in [0.25, 0.3) is 0 Å². The highest BCUT2D eigenvalue weighted by Gasteiger charge is 2.11. The van der Waals surface area contributed by atoms with Crippen molar-refractivity contribution in [2.24, 2.45) is 11.0 Å². The van der Waals surface area contributed by atoms with E-state index in [2.05, 4.69) is 9.84 Å². The summed E-state index contributed by atoms with van der Waals surface area (Å²) in [5.74, 6) is 0.288. The highest BCUT2D eigenvalue weighted by molar-refractivity contribution is 5.73. The summed E-state index contributed by atoms with van der Waals surface area (Å²) >= 11 is 0. The minimum Gasteiger partial charge on any atom is -0.451 e. The molecule has 0 saturated heterocycles. The molecule has 4 heteroatoms. The van der Waals surface area contributed by atoms with Crippen molar-refractivity contribution in [1.29, 1.82) is 0 Å². The highest BCUT2D eigenvalue weighted by atomic mass is 16.5. The van der Waals surface area contributed by atoms with Gasteiger partial charge >= 0.3 is 6.09 Å². The Bertz CT molecular complexity index is 196. The molecule has 1 rings (SSSR count). The number of hydrogen-bond acceptors (Lipinski definition) is 3. The smallest absolute Gasteiger partial charge is 0.434 e. The molecule has 0 fully saturated rings. The molecule has 1 aliphatic heterocycles. The molecule has 4 nitrogen and oxygen atoms in total. The number of nitrogens with zero attached hydrogens (tertiary/aromatic N) is 2. The molecule has 0 aromatic heterocycles. The average molecular weight is 154 g/mol. The summed E-state index contributed by atoms with van der Waals surface area (Å²) in [5, 5.41) is 4.98. The number of methoxy groups -OCH3 is 1. The molecule has 0 bridgehead atoms. The third-order valence-corrected chi connectivity index (χ3v) is 1.32. The van der Waals surface area contributed by atoms with Gasteiger partial charge in [0.1, 0.15) is 0 Å². The fourth-order valence-electron chi connectivity index (χ4n) is 0.684. The van der Waals surface area contributed by atoms with Crippen LogP contribution in [0.5, 0.6) is 0 Å². The number of amides is 1. The predicted molar refractivity (Wildman–Crippen MR) is 41.0 cm³/mol. The zero-order valence-corrected chi connectivity index (χ0v) is 6.52. The van der Waals surface area contributed by atoms with E-state index in [0.29, 0.717) is 0 Å². The summed E-state index contributed by atoms with van der Waals surface area (Å²) in [5.41, 5.74) is 0. The quantitative estimate of drug-likeness (QED) is 0.526. The van der Waals surface area contributed by atoms with Gasteiger partial charge in [0.15, 0.2) is 0 Å². The summed E-state index contributed by atoms with van der Waals surface area (Å²) < 4.78 is 4.45. The topological polar surface area (TPSA) is 41.9 Å². The maximum absolute atomic E-state index is 10.8. The standard InChI is InChI=1S/C7H10N2O2/c1-6-3-4-9(8-5-6)7(10)11-2/h3-6H,1-2H3. The van der Waals surface area contributed by atoms with Crippen molar-refractivity contribution in [2.75, 3.05) is 7.11 Å². The lowest BCUT2D eigenvalue weighted by Gasteiger charge is -2.14. The molecule has 1 atom stereocenters. The van der Waals surface area contributed by atoms with E-state index >= 15 is 0 Å². The summed E-state index contributed by atoms with van der Waals surface area (Å²) in [6.45, 7) is 1.98. The number of allylic oxidation sites excluding steroid dienone is 1. The maximum atomic E-state index is 10.8. The summed E-state index contributed by atoms with van der Waals surface area (Å²) in [6, 6.07) is 0. The largest absolute Gasteiger partial charge is 0.451 e. The second-order valence-corrected chi connectivity index (χ2v) is 2.28. The first-order chi connectivity index (χ1) is 5.24. The Kier molecular flexibility index (Phi) is 2.25. The van der Waals surface area contributed by atoms with E-state index in [1.807, 2.05) is 13.0 Å². The van der Waals surface area contributed by atoms with Gasteiger partial charge in [-0.15, -0.1) is 0 Å². The number of hydrogen-bond donors (Lipinski definition) is 0. The lowest BCUT2D eigenvalue weighted by Crippen LogP contribution is -2.22. The number of rotatable bonds is 0. The van der Waals surface area contributed by atoms with Crippen LogP contribution in [0.3, 0.4) is 0 Å². The second-order valence-electron chi connectivity index (χ2n) is 2.28. The molecule has 1 heterocycles. The Morgan fingerprint density at radius 1 is 1.73 bits per heavy atom. The molecular weight excluding hydrogens is 144 g/mol. The molecule has 0 radical (unpaired) electrons. The Labute approximate surface area is 65.1 Å². The fraction of sp³-hybridized carbons (Fsp3) is 0.429. The number of ether oxygens (including phenoxy) is 1. The van der Waals surface area contributed by atoms with Gasteiger partial charge in [-0.25, -0.2) is 4.79 Å². The molecule has 1 amide bonds. The molecule has 1 aliphatic rings.